The van der Waals surface area contributed by atoms with Gasteiger partial charge in [-0.05, 0) is 5.56 Å². The van der Waals surface area contributed by atoms with Gasteiger partial charge < -0.3 is 4.74 Å². The van der Waals surface area contributed by atoms with Crippen molar-refractivity contribution < 1.29 is 9.53 Å². The van der Waals surface area contributed by atoms with Gasteiger partial charge in [0.15, 0.2) is 0 Å². The van der Waals surface area contributed by atoms with Crippen molar-refractivity contribution in [1.82, 2.24) is 0 Å². The van der Waals surface area contributed by atoms with Crippen LogP contribution in [0.5, 0.6) is 0 Å². The molecule has 0 fully saturated rings. The molecule has 0 heterocycles. The number of carbonyl (C=O) groups is 1. The molecule has 0 aromatic heterocycles. The molecule has 0 amide bonds. The lowest BCUT2D eigenvalue weighted by Gasteiger charge is -1.85. The van der Waals surface area contributed by atoms with Crippen LogP contribution in [0.2, 0.25) is 0 Å². The maximum Gasteiger partial charge on any atom is 0.329 e. The van der Waals surface area contributed by atoms with Crippen LogP contribution in [0.4, 0.5) is 0 Å². The average Bonchev–Trinajstić information content (AvgIpc) is 2.30. The molecular weight excluding hydrogens is 188 g/mol. The van der Waals surface area contributed by atoms with Crippen molar-refractivity contribution in [3.63, 3.8) is 0 Å². The van der Waals surface area contributed by atoms with Crippen LogP contribution in [-0.2, 0) is 9.53 Å². The lowest BCUT2D eigenvalue weighted by Crippen LogP contribution is -1.91. The second-order valence-electron chi connectivity index (χ2n) is 2.34. The van der Waals surface area contributed by atoms with E-state index in [1.165, 1.54) is 12.7 Å². The zero-order chi connectivity index (χ0) is 10.8. The molecule has 0 saturated heterocycles. The van der Waals surface area contributed by atoms with Crippen LogP contribution >= 0.6 is 0 Å². The van der Waals surface area contributed by atoms with E-state index >= 15 is 0 Å². The van der Waals surface area contributed by atoms with Gasteiger partial charge in [0.05, 0.1) is 7.11 Å². The van der Waals surface area contributed by atoms with Gasteiger partial charge in [0, 0.05) is 6.08 Å². The molecule has 0 bridgehead atoms. The minimum atomic E-state index is -0.394. The van der Waals surface area contributed by atoms with Crippen LogP contribution in [0.15, 0.2) is 49.6 Å². The Labute approximate surface area is 91.9 Å². The molecule has 0 saturated carbocycles. The third kappa shape index (κ3) is 8.50. The molecule has 0 spiro atoms. The molecule has 0 N–H and O–H groups in total. The summed E-state index contributed by atoms with van der Waals surface area (Å²) in [7, 11) is 1.31. The Morgan fingerprint density at radius 2 is 1.80 bits per heavy atom. The SMILES string of the molecule is C.C=CC(=O)OC.C=Cc1ccccc1. The van der Waals surface area contributed by atoms with Crippen molar-refractivity contribution in [3.05, 3.63) is 55.1 Å². The van der Waals surface area contributed by atoms with E-state index in [1.807, 2.05) is 36.4 Å². The Bertz CT molecular complexity index is 289. The number of rotatable bonds is 2. The van der Waals surface area contributed by atoms with Crippen LogP contribution in [0.3, 0.4) is 0 Å². The smallest absolute Gasteiger partial charge is 0.329 e. The summed E-state index contributed by atoms with van der Waals surface area (Å²) in [5.41, 5.74) is 1.17. The quantitative estimate of drug-likeness (QED) is 0.548. The third-order valence-electron chi connectivity index (χ3n) is 1.40. The molecule has 0 aliphatic heterocycles. The van der Waals surface area contributed by atoms with Gasteiger partial charge in [-0.2, -0.15) is 0 Å². The van der Waals surface area contributed by atoms with E-state index in [1.54, 1.807) is 0 Å². The molecule has 0 aliphatic rings. The summed E-state index contributed by atoms with van der Waals surface area (Å²) in [6, 6.07) is 10.0. The first kappa shape index (κ1) is 15.6. The highest BCUT2D eigenvalue weighted by molar-refractivity contribution is 5.80. The molecular formula is C13H18O2. The summed E-state index contributed by atoms with van der Waals surface area (Å²) in [5, 5.41) is 0. The second kappa shape index (κ2) is 10.3. The predicted octanol–water partition coefficient (Wildman–Crippen LogP) is 3.31. The van der Waals surface area contributed by atoms with E-state index < -0.39 is 5.97 Å². The Balaban J connectivity index is 0. The van der Waals surface area contributed by atoms with E-state index in [0.717, 1.165) is 6.08 Å². The van der Waals surface area contributed by atoms with Crippen LogP contribution in [0.1, 0.15) is 13.0 Å². The average molecular weight is 206 g/mol. The number of hydrogen-bond donors (Lipinski definition) is 0. The fourth-order valence-corrected chi connectivity index (χ4v) is 0.672. The number of ether oxygens (including phenoxy) is 1. The normalized spacial score (nSPS) is 7.27. The summed E-state index contributed by atoms with van der Waals surface area (Å²) >= 11 is 0. The standard InChI is InChI=1S/C8H8.C4H6O2.CH4/c1-2-8-6-4-3-5-7-8;1-3-4(5)6-2;/h2-7H,1H2;3H,1H2,2H3;1H4. The highest BCUT2D eigenvalue weighted by Crippen LogP contribution is 1.97. The van der Waals surface area contributed by atoms with Crippen molar-refractivity contribution in [2.75, 3.05) is 7.11 Å². The summed E-state index contributed by atoms with van der Waals surface area (Å²) in [6.45, 7) is 6.79. The van der Waals surface area contributed by atoms with Crippen molar-refractivity contribution in [1.29, 1.82) is 0 Å². The van der Waals surface area contributed by atoms with Gasteiger partial charge in [-0.1, -0.05) is 57.0 Å². The summed E-state index contributed by atoms with van der Waals surface area (Å²) in [5.74, 6) is -0.394. The van der Waals surface area contributed by atoms with E-state index in [0.29, 0.717) is 0 Å². The molecule has 1 aromatic carbocycles. The number of esters is 1. The van der Waals surface area contributed by atoms with E-state index in [4.69, 9.17) is 0 Å². The number of methoxy groups -OCH3 is 1. The molecule has 0 atom stereocenters. The molecule has 1 rings (SSSR count). The summed E-state index contributed by atoms with van der Waals surface area (Å²) in [6.07, 6.45) is 2.94. The molecule has 2 nitrogen and oxygen atoms in total. The van der Waals surface area contributed by atoms with Crippen LogP contribution < -0.4 is 0 Å². The highest BCUT2D eigenvalue weighted by Gasteiger charge is 1.81. The minimum absolute atomic E-state index is 0. The van der Waals surface area contributed by atoms with E-state index in [-0.39, 0.29) is 7.43 Å². The molecule has 1 aromatic rings. The predicted molar refractivity (Wildman–Crippen MR) is 65.5 cm³/mol. The summed E-state index contributed by atoms with van der Waals surface area (Å²) < 4.78 is 4.14. The maximum atomic E-state index is 9.84. The third-order valence-corrected chi connectivity index (χ3v) is 1.40. The van der Waals surface area contributed by atoms with E-state index in [9.17, 15) is 4.79 Å². The number of carbonyl (C=O) groups excluding carboxylic acids is 1. The Kier molecular flexibility index (Phi) is 10.7. The Hall–Kier alpha value is -1.83. The fourth-order valence-electron chi connectivity index (χ4n) is 0.672. The van der Waals surface area contributed by atoms with Gasteiger partial charge in [0.25, 0.3) is 0 Å². The number of benzene rings is 1. The molecule has 0 aliphatic carbocycles. The van der Waals surface area contributed by atoms with Gasteiger partial charge in [-0.25, -0.2) is 4.79 Å². The zero-order valence-electron chi connectivity index (χ0n) is 8.27. The number of hydrogen-bond acceptors (Lipinski definition) is 2. The summed E-state index contributed by atoms with van der Waals surface area (Å²) in [4.78, 5) is 9.84. The molecule has 0 unspecified atom stereocenters. The lowest BCUT2D eigenvalue weighted by atomic mass is 10.2. The first-order valence-corrected chi connectivity index (χ1v) is 4.12. The topological polar surface area (TPSA) is 26.3 Å². The van der Waals surface area contributed by atoms with Gasteiger partial charge in [0.2, 0.25) is 0 Å². The van der Waals surface area contributed by atoms with Crippen LogP contribution in [-0.4, -0.2) is 13.1 Å². The Morgan fingerprint density at radius 1 is 1.27 bits per heavy atom. The van der Waals surface area contributed by atoms with Gasteiger partial charge in [-0.15, -0.1) is 0 Å². The van der Waals surface area contributed by atoms with Gasteiger partial charge >= 0.3 is 5.97 Å². The van der Waals surface area contributed by atoms with Crippen LogP contribution in [0.25, 0.3) is 6.08 Å². The fraction of sp³-hybridized carbons (Fsp3) is 0.154. The molecule has 82 valence electrons. The molecule has 0 radical (unpaired) electrons. The maximum absolute atomic E-state index is 9.84. The van der Waals surface area contributed by atoms with Crippen molar-refractivity contribution in [2.45, 2.75) is 7.43 Å². The second-order valence-corrected chi connectivity index (χ2v) is 2.34. The molecule has 2 heteroatoms. The van der Waals surface area contributed by atoms with Gasteiger partial charge in [0.1, 0.15) is 0 Å². The first-order valence-electron chi connectivity index (χ1n) is 4.12. The first-order chi connectivity index (χ1) is 6.74. The van der Waals surface area contributed by atoms with E-state index in [2.05, 4.69) is 17.9 Å². The van der Waals surface area contributed by atoms with Crippen molar-refractivity contribution in [3.8, 4) is 0 Å². The van der Waals surface area contributed by atoms with Crippen LogP contribution in [0, 0.1) is 0 Å². The minimum Gasteiger partial charge on any atom is -0.466 e. The zero-order valence-corrected chi connectivity index (χ0v) is 8.27. The van der Waals surface area contributed by atoms with Gasteiger partial charge in [-0.3, -0.25) is 0 Å². The Morgan fingerprint density at radius 3 is 2.00 bits per heavy atom. The van der Waals surface area contributed by atoms with Crippen molar-refractivity contribution >= 4 is 12.0 Å². The monoisotopic (exact) mass is 206 g/mol. The molecule has 15 heavy (non-hydrogen) atoms. The lowest BCUT2D eigenvalue weighted by molar-refractivity contribution is -0.134. The highest BCUT2D eigenvalue weighted by atomic mass is 16.5. The van der Waals surface area contributed by atoms with Crippen molar-refractivity contribution in [2.24, 2.45) is 0 Å². The largest absolute Gasteiger partial charge is 0.466 e.